The third-order valence-corrected chi connectivity index (χ3v) is 4.13. The first-order valence-corrected chi connectivity index (χ1v) is 8.27. The van der Waals surface area contributed by atoms with Crippen LogP contribution < -0.4 is 25.1 Å². The lowest BCUT2D eigenvalue weighted by molar-refractivity contribution is -0.131. The minimum atomic E-state index is -0.895. The highest BCUT2D eigenvalue weighted by Crippen LogP contribution is 2.34. The Labute approximate surface area is 159 Å². The number of ether oxygens (including phenoxy) is 3. The minimum Gasteiger partial charge on any atom is -0.494 e. The first-order chi connectivity index (χ1) is 12.5. The Morgan fingerprint density at radius 2 is 1.77 bits per heavy atom. The Hall–Kier alpha value is -2.64. The molecule has 1 unspecified atom stereocenters. The topological polar surface area (TPSA) is 85.9 Å². The molecule has 136 valence electrons. The van der Waals surface area contributed by atoms with Crippen LogP contribution in [0.15, 0.2) is 36.4 Å². The Morgan fingerprint density at radius 3 is 2.42 bits per heavy atom. The average molecular weight is 397 g/mol. The number of halogens is 2. The fraction of sp³-hybridized carbons (Fsp3) is 0.176. The summed E-state index contributed by atoms with van der Waals surface area (Å²) in [6.45, 7) is 0.0267. The first-order valence-electron chi connectivity index (χ1n) is 7.51. The predicted molar refractivity (Wildman–Crippen MR) is 95.0 cm³/mol. The maximum absolute atomic E-state index is 12.2. The molecule has 1 aliphatic heterocycles. The Balaban J connectivity index is 1.61. The van der Waals surface area contributed by atoms with Crippen molar-refractivity contribution in [1.29, 1.82) is 0 Å². The molecular weight excluding hydrogens is 383 g/mol. The van der Waals surface area contributed by atoms with Gasteiger partial charge in [-0.15, -0.1) is 0 Å². The fourth-order valence-electron chi connectivity index (χ4n) is 2.31. The highest BCUT2D eigenvalue weighted by molar-refractivity contribution is 6.37. The van der Waals surface area contributed by atoms with Crippen molar-refractivity contribution in [2.45, 2.75) is 6.10 Å². The summed E-state index contributed by atoms with van der Waals surface area (Å²) in [7, 11) is 1.41. The summed E-state index contributed by atoms with van der Waals surface area (Å²) in [5.41, 5.74) is 4.73. The lowest BCUT2D eigenvalue weighted by atomic mass is 10.2. The molecule has 26 heavy (non-hydrogen) atoms. The quantitative estimate of drug-likeness (QED) is 0.778. The van der Waals surface area contributed by atoms with E-state index in [2.05, 4.69) is 10.9 Å². The molecular formula is C17H14Cl2N2O5. The van der Waals surface area contributed by atoms with E-state index in [0.717, 1.165) is 0 Å². The van der Waals surface area contributed by atoms with Gasteiger partial charge in [-0.1, -0.05) is 35.3 Å². The number of hydrogen-bond donors (Lipinski definition) is 2. The van der Waals surface area contributed by atoms with Crippen molar-refractivity contribution in [3.63, 3.8) is 0 Å². The molecule has 2 amide bonds. The molecule has 2 aromatic rings. The van der Waals surface area contributed by atoms with Crippen molar-refractivity contribution >= 4 is 35.0 Å². The van der Waals surface area contributed by atoms with E-state index >= 15 is 0 Å². The van der Waals surface area contributed by atoms with E-state index in [1.54, 1.807) is 24.3 Å². The van der Waals surface area contributed by atoms with Crippen LogP contribution in [-0.2, 0) is 4.79 Å². The number of amides is 2. The highest BCUT2D eigenvalue weighted by Gasteiger charge is 2.27. The number of methoxy groups -OCH3 is 1. The standard InChI is InChI=1S/C17H14Cl2N2O5/c1-24-15-10(18)6-9(7-11(15)19)16(22)20-21-17(23)14-8-25-12-4-2-3-5-13(12)26-14/h2-7,14H,8H2,1H3,(H,20,22)(H,21,23). The maximum Gasteiger partial charge on any atom is 0.283 e. The Bertz CT molecular complexity index is 836. The summed E-state index contributed by atoms with van der Waals surface area (Å²) in [6.07, 6.45) is -0.895. The Morgan fingerprint density at radius 1 is 1.12 bits per heavy atom. The van der Waals surface area contributed by atoms with E-state index in [1.807, 2.05) is 0 Å². The summed E-state index contributed by atoms with van der Waals surface area (Å²) in [6, 6.07) is 9.75. The van der Waals surface area contributed by atoms with Crippen LogP contribution >= 0.6 is 23.2 Å². The van der Waals surface area contributed by atoms with Gasteiger partial charge in [0.2, 0.25) is 6.10 Å². The smallest absolute Gasteiger partial charge is 0.283 e. The third-order valence-electron chi connectivity index (χ3n) is 3.56. The first kappa shape index (κ1) is 18.2. The van der Waals surface area contributed by atoms with Gasteiger partial charge in [0, 0.05) is 5.56 Å². The van der Waals surface area contributed by atoms with Crippen LogP contribution in [0.4, 0.5) is 0 Å². The number of hydrogen-bond acceptors (Lipinski definition) is 5. The molecule has 2 aromatic carbocycles. The van der Waals surface area contributed by atoms with Crippen molar-refractivity contribution in [2.24, 2.45) is 0 Å². The van der Waals surface area contributed by atoms with E-state index in [9.17, 15) is 9.59 Å². The van der Waals surface area contributed by atoms with E-state index in [0.29, 0.717) is 11.5 Å². The van der Waals surface area contributed by atoms with Crippen molar-refractivity contribution in [2.75, 3.05) is 13.7 Å². The van der Waals surface area contributed by atoms with Gasteiger partial charge in [-0.2, -0.15) is 0 Å². The molecule has 1 atom stereocenters. The van der Waals surface area contributed by atoms with Crippen LogP contribution in [0, 0.1) is 0 Å². The normalized spacial score (nSPS) is 15.1. The lowest BCUT2D eigenvalue weighted by Crippen LogP contribution is -2.50. The molecule has 0 saturated heterocycles. The largest absolute Gasteiger partial charge is 0.494 e. The van der Waals surface area contributed by atoms with Crippen molar-refractivity contribution in [3.05, 3.63) is 52.0 Å². The molecule has 2 N–H and O–H groups in total. The van der Waals surface area contributed by atoms with E-state index in [-0.39, 0.29) is 28.0 Å². The van der Waals surface area contributed by atoms with Gasteiger partial charge >= 0.3 is 0 Å². The SMILES string of the molecule is COc1c(Cl)cc(C(=O)NNC(=O)C2COc3ccccc3O2)cc1Cl. The Kier molecular flexibility index (Phi) is 5.39. The summed E-state index contributed by atoms with van der Waals surface area (Å²) >= 11 is 12.0. The van der Waals surface area contributed by atoms with E-state index < -0.39 is 17.9 Å². The summed E-state index contributed by atoms with van der Waals surface area (Å²) in [4.78, 5) is 24.4. The highest BCUT2D eigenvalue weighted by atomic mass is 35.5. The number of para-hydroxylation sites is 2. The van der Waals surface area contributed by atoms with Crippen LogP contribution in [0.2, 0.25) is 10.0 Å². The van der Waals surface area contributed by atoms with Gasteiger partial charge in [-0.05, 0) is 24.3 Å². The number of benzene rings is 2. The van der Waals surface area contributed by atoms with Crippen molar-refractivity contribution < 1.29 is 23.8 Å². The third kappa shape index (κ3) is 3.79. The molecule has 0 radical (unpaired) electrons. The number of carbonyl (C=O) groups is 2. The van der Waals surface area contributed by atoms with Gasteiger partial charge in [0.25, 0.3) is 11.8 Å². The van der Waals surface area contributed by atoms with Crippen LogP contribution in [-0.4, -0.2) is 31.6 Å². The van der Waals surface area contributed by atoms with Gasteiger partial charge < -0.3 is 14.2 Å². The van der Waals surface area contributed by atoms with Crippen molar-refractivity contribution in [1.82, 2.24) is 10.9 Å². The zero-order valence-corrected chi connectivity index (χ0v) is 15.1. The predicted octanol–water partition coefficient (Wildman–Crippen LogP) is 2.60. The van der Waals surface area contributed by atoms with Crippen LogP contribution in [0.5, 0.6) is 17.2 Å². The van der Waals surface area contributed by atoms with Crippen LogP contribution in [0.25, 0.3) is 0 Å². The van der Waals surface area contributed by atoms with E-state index in [4.69, 9.17) is 37.4 Å². The molecule has 3 rings (SSSR count). The maximum atomic E-state index is 12.2. The van der Waals surface area contributed by atoms with Crippen LogP contribution in [0.1, 0.15) is 10.4 Å². The van der Waals surface area contributed by atoms with Gasteiger partial charge in [0.15, 0.2) is 17.2 Å². The fourth-order valence-corrected chi connectivity index (χ4v) is 2.95. The molecule has 0 aromatic heterocycles. The number of rotatable bonds is 3. The molecule has 7 nitrogen and oxygen atoms in total. The zero-order chi connectivity index (χ0) is 18.7. The average Bonchev–Trinajstić information content (AvgIpc) is 2.65. The molecule has 9 heteroatoms. The summed E-state index contributed by atoms with van der Waals surface area (Å²) < 4.78 is 16.0. The number of hydrazine groups is 1. The number of carbonyl (C=O) groups excluding carboxylic acids is 2. The molecule has 0 spiro atoms. The molecule has 0 saturated carbocycles. The molecule has 1 aliphatic rings. The summed E-state index contributed by atoms with van der Waals surface area (Å²) in [5, 5.41) is 0.356. The molecule has 0 fully saturated rings. The second-order valence-electron chi connectivity index (χ2n) is 5.28. The van der Waals surface area contributed by atoms with Crippen molar-refractivity contribution in [3.8, 4) is 17.2 Å². The molecule has 0 bridgehead atoms. The van der Waals surface area contributed by atoms with Gasteiger partial charge in [-0.3, -0.25) is 20.4 Å². The molecule has 0 aliphatic carbocycles. The monoisotopic (exact) mass is 396 g/mol. The van der Waals surface area contributed by atoms with Gasteiger partial charge in [0.1, 0.15) is 6.61 Å². The zero-order valence-electron chi connectivity index (χ0n) is 13.5. The van der Waals surface area contributed by atoms with E-state index in [1.165, 1.54) is 19.2 Å². The lowest BCUT2D eigenvalue weighted by Gasteiger charge is -2.25. The minimum absolute atomic E-state index is 0.0267. The summed E-state index contributed by atoms with van der Waals surface area (Å²) in [5.74, 6) is 0.128. The van der Waals surface area contributed by atoms with Crippen LogP contribution in [0.3, 0.4) is 0 Å². The second-order valence-corrected chi connectivity index (χ2v) is 6.10. The van der Waals surface area contributed by atoms with Gasteiger partial charge in [-0.25, -0.2) is 0 Å². The van der Waals surface area contributed by atoms with Gasteiger partial charge in [0.05, 0.1) is 17.2 Å². The number of fused-ring (bicyclic) bond motifs is 1. The molecule has 1 heterocycles. The second kappa shape index (κ2) is 7.72. The number of nitrogens with one attached hydrogen (secondary N) is 2.